The molecule has 0 aliphatic heterocycles. The third kappa shape index (κ3) is 7.51. The molecule has 0 aliphatic carbocycles. The SMILES string of the molecule is CCOCCOc1cccc(CNc2ccc(OCCc3ccccc3)cc2)c1. The van der Waals surface area contributed by atoms with Crippen molar-refractivity contribution in [2.45, 2.75) is 19.9 Å². The largest absolute Gasteiger partial charge is 0.493 e. The molecule has 4 nitrogen and oxygen atoms in total. The van der Waals surface area contributed by atoms with Gasteiger partial charge in [0.05, 0.1) is 13.2 Å². The average Bonchev–Trinajstić information content (AvgIpc) is 2.77. The third-order valence-corrected chi connectivity index (χ3v) is 4.45. The van der Waals surface area contributed by atoms with E-state index in [1.807, 2.05) is 49.4 Å². The fourth-order valence-electron chi connectivity index (χ4n) is 2.91. The van der Waals surface area contributed by atoms with Crippen molar-refractivity contribution in [1.82, 2.24) is 0 Å². The van der Waals surface area contributed by atoms with Gasteiger partial charge in [-0.2, -0.15) is 0 Å². The van der Waals surface area contributed by atoms with Gasteiger partial charge in [0.25, 0.3) is 0 Å². The summed E-state index contributed by atoms with van der Waals surface area (Å²) in [7, 11) is 0. The molecule has 3 aromatic rings. The molecule has 3 aromatic carbocycles. The van der Waals surface area contributed by atoms with E-state index in [2.05, 4.69) is 41.7 Å². The second kappa shape index (κ2) is 11.8. The molecule has 0 radical (unpaired) electrons. The van der Waals surface area contributed by atoms with Crippen LogP contribution in [0.25, 0.3) is 0 Å². The average molecular weight is 392 g/mol. The first-order valence-corrected chi connectivity index (χ1v) is 10.1. The Kier molecular flexibility index (Phi) is 8.42. The van der Waals surface area contributed by atoms with Gasteiger partial charge in [0.2, 0.25) is 0 Å². The molecule has 0 atom stereocenters. The Bertz CT molecular complexity index is 834. The van der Waals surface area contributed by atoms with Crippen LogP contribution in [0.15, 0.2) is 78.9 Å². The molecule has 0 heterocycles. The van der Waals surface area contributed by atoms with E-state index in [0.29, 0.717) is 26.4 Å². The van der Waals surface area contributed by atoms with Crippen molar-refractivity contribution in [3.8, 4) is 11.5 Å². The van der Waals surface area contributed by atoms with Crippen LogP contribution in [0.3, 0.4) is 0 Å². The van der Waals surface area contributed by atoms with Gasteiger partial charge in [0, 0.05) is 25.3 Å². The lowest BCUT2D eigenvalue weighted by Gasteiger charge is -2.11. The van der Waals surface area contributed by atoms with Crippen LogP contribution in [-0.2, 0) is 17.7 Å². The maximum Gasteiger partial charge on any atom is 0.119 e. The molecule has 0 aliphatic rings. The zero-order valence-electron chi connectivity index (χ0n) is 17.0. The van der Waals surface area contributed by atoms with Crippen molar-refractivity contribution in [3.63, 3.8) is 0 Å². The molecule has 152 valence electrons. The van der Waals surface area contributed by atoms with Gasteiger partial charge in [-0.15, -0.1) is 0 Å². The summed E-state index contributed by atoms with van der Waals surface area (Å²) in [6.07, 6.45) is 0.907. The summed E-state index contributed by atoms with van der Waals surface area (Å²) in [6.45, 7) is 5.28. The molecule has 3 rings (SSSR count). The highest BCUT2D eigenvalue weighted by Crippen LogP contribution is 2.18. The van der Waals surface area contributed by atoms with Gasteiger partial charge < -0.3 is 19.5 Å². The minimum atomic E-state index is 0.566. The summed E-state index contributed by atoms with van der Waals surface area (Å²) in [6, 6.07) is 26.6. The highest BCUT2D eigenvalue weighted by Gasteiger charge is 2.00. The van der Waals surface area contributed by atoms with E-state index in [1.165, 1.54) is 11.1 Å². The third-order valence-electron chi connectivity index (χ3n) is 4.45. The van der Waals surface area contributed by atoms with Crippen LogP contribution in [0.2, 0.25) is 0 Å². The second-order valence-corrected chi connectivity index (χ2v) is 6.65. The molecule has 0 aromatic heterocycles. The molecule has 4 heteroatoms. The van der Waals surface area contributed by atoms with E-state index < -0.39 is 0 Å². The van der Waals surface area contributed by atoms with Gasteiger partial charge in [-0.1, -0.05) is 42.5 Å². The molecule has 0 bridgehead atoms. The number of hydrogen-bond acceptors (Lipinski definition) is 4. The molecule has 29 heavy (non-hydrogen) atoms. The first-order chi connectivity index (χ1) is 14.3. The Labute approximate surface area is 173 Å². The van der Waals surface area contributed by atoms with E-state index in [9.17, 15) is 0 Å². The molecule has 0 unspecified atom stereocenters. The normalized spacial score (nSPS) is 10.5. The molecule has 0 saturated heterocycles. The first kappa shape index (κ1) is 20.7. The highest BCUT2D eigenvalue weighted by atomic mass is 16.5. The zero-order chi connectivity index (χ0) is 20.2. The summed E-state index contributed by atoms with van der Waals surface area (Å²) in [5, 5.41) is 3.44. The van der Waals surface area contributed by atoms with Gasteiger partial charge in [-0.3, -0.25) is 0 Å². The Morgan fingerprint density at radius 1 is 0.690 bits per heavy atom. The number of hydrogen-bond donors (Lipinski definition) is 1. The van der Waals surface area contributed by atoms with E-state index in [-0.39, 0.29) is 0 Å². The molecular weight excluding hydrogens is 362 g/mol. The predicted molar refractivity (Wildman–Crippen MR) is 118 cm³/mol. The summed E-state index contributed by atoms with van der Waals surface area (Å²) in [5.41, 5.74) is 3.51. The topological polar surface area (TPSA) is 39.7 Å². The van der Waals surface area contributed by atoms with Gasteiger partial charge in [-0.05, 0) is 54.4 Å². The van der Waals surface area contributed by atoms with Gasteiger partial charge in [-0.25, -0.2) is 0 Å². The maximum atomic E-state index is 5.84. The predicted octanol–water partition coefficient (Wildman–Crippen LogP) is 5.34. The number of ether oxygens (including phenoxy) is 3. The number of anilines is 1. The minimum Gasteiger partial charge on any atom is -0.493 e. The van der Waals surface area contributed by atoms with Crippen molar-refractivity contribution in [3.05, 3.63) is 90.0 Å². The second-order valence-electron chi connectivity index (χ2n) is 6.65. The fraction of sp³-hybridized carbons (Fsp3) is 0.280. The molecule has 1 N–H and O–H groups in total. The van der Waals surface area contributed by atoms with Crippen molar-refractivity contribution < 1.29 is 14.2 Å². The summed E-state index contributed by atoms with van der Waals surface area (Å²) < 4.78 is 16.9. The minimum absolute atomic E-state index is 0.566. The van der Waals surface area contributed by atoms with Crippen LogP contribution in [0.4, 0.5) is 5.69 Å². The molecule has 0 amide bonds. The quantitative estimate of drug-likeness (QED) is 0.423. The highest BCUT2D eigenvalue weighted by molar-refractivity contribution is 5.47. The Hall–Kier alpha value is -2.98. The molecule has 0 saturated carbocycles. The lowest BCUT2D eigenvalue weighted by atomic mass is 10.2. The smallest absolute Gasteiger partial charge is 0.119 e. The number of benzene rings is 3. The summed E-state index contributed by atoms with van der Waals surface area (Å²) in [4.78, 5) is 0. The maximum absolute atomic E-state index is 5.84. The van der Waals surface area contributed by atoms with Crippen molar-refractivity contribution in [2.75, 3.05) is 31.7 Å². The Morgan fingerprint density at radius 2 is 1.45 bits per heavy atom. The monoisotopic (exact) mass is 391 g/mol. The van der Waals surface area contributed by atoms with Crippen molar-refractivity contribution in [1.29, 1.82) is 0 Å². The van der Waals surface area contributed by atoms with E-state index in [1.54, 1.807) is 0 Å². The van der Waals surface area contributed by atoms with Crippen LogP contribution in [0, 0.1) is 0 Å². The van der Waals surface area contributed by atoms with Crippen LogP contribution in [-0.4, -0.2) is 26.4 Å². The van der Waals surface area contributed by atoms with Gasteiger partial charge in [0.1, 0.15) is 18.1 Å². The first-order valence-electron chi connectivity index (χ1n) is 10.1. The summed E-state index contributed by atoms with van der Waals surface area (Å²) in [5.74, 6) is 1.75. The van der Waals surface area contributed by atoms with Gasteiger partial charge in [0.15, 0.2) is 0 Å². The molecule has 0 spiro atoms. The van der Waals surface area contributed by atoms with Crippen LogP contribution >= 0.6 is 0 Å². The van der Waals surface area contributed by atoms with Crippen molar-refractivity contribution >= 4 is 5.69 Å². The number of nitrogens with one attached hydrogen (secondary N) is 1. The lowest BCUT2D eigenvalue weighted by Crippen LogP contribution is -2.06. The van der Waals surface area contributed by atoms with Crippen molar-refractivity contribution in [2.24, 2.45) is 0 Å². The summed E-state index contributed by atoms with van der Waals surface area (Å²) >= 11 is 0. The number of rotatable bonds is 12. The van der Waals surface area contributed by atoms with E-state index in [4.69, 9.17) is 14.2 Å². The van der Waals surface area contributed by atoms with Crippen LogP contribution in [0.5, 0.6) is 11.5 Å². The lowest BCUT2D eigenvalue weighted by molar-refractivity contribution is 0.110. The molecule has 0 fully saturated rings. The van der Waals surface area contributed by atoms with E-state index >= 15 is 0 Å². The fourth-order valence-corrected chi connectivity index (χ4v) is 2.91. The van der Waals surface area contributed by atoms with E-state index in [0.717, 1.165) is 30.2 Å². The molecular formula is C25H29NO3. The van der Waals surface area contributed by atoms with Crippen LogP contribution < -0.4 is 14.8 Å². The Balaban J connectivity index is 1.41. The van der Waals surface area contributed by atoms with Gasteiger partial charge >= 0.3 is 0 Å². The van der Waals surface area contributed by atoms with Crippen LogP contribution in [0.1, 0.15) is 18.1 Å². The Morgan fingerprint density at radius 3 is 2.24 bits per heavy atom. The standard InChI is InChI=1S/C25H29NO3/c1-2-27-17-18-29-25-10-6-9-22(19-25)20-26-23-11-13-24(14-12-23)28-16-15-21-7-4-3-5-8-21/h3-14,19,26H,2,15-18,20H2,1H3. The zero-order valence-corrected chi connectivity index (χ0v) is 17.0.